The molecule has 2 rings (SSSR count). The SMILES string of the molecule is Cc1nc(C(=O)NCCOC2CCCCC2C)ccc1C(=O)O. The minimum Gasteiger partial charge on any atom is -0.478 e. The molecule has 1 aliphatic rings. The average Bonchev–Trinajstić information content (AvgIpc) is 2.52. The molecule has 6 heteroatoms. The summed E-state index contributed by atoms with van der Waals surface area (Å²) in [7, 11) is 0. The summed E-state index contributed by atoms with van der Waals surface area (Å²) < 4.78 is 5.84. The molecule has 0 bridgehead atoms. The first-order chi connectivity index (χ1) is 11.0. The molecule has 1 amide bonds. The number of amides is 1. The van der Waals surface area contributed by atoms with Crippen LogP contribution >= 0.6 is 0 Å². The quantitative estimate of drug-likeness (QED) is 0.786. The lowest BCUT2D eigenvalue weighted by Gasteiger charge is -2.28. The molecular formula is C17H24N2O4. The van der Waals surface area contributed by atoms with Crippen molar-refractivity contribution in [2.75, 3.05) is 13.2 Å². The number of carboxylic acid groups (broad SMARTS) is 1. The van der Waals surface area contributed by atoms with Crippen LogP contribution in [0, 0.1) is 12.8 Å². The number of rotatable bonds is 6. The standard InChI is InChI=1S/C17H24N2O4/c1-11-5-3-4-6-15(11)23-10-9-18-16(20)14-8-7-13(17(21)22)12(2)19-14/h7-8,11,15H,3-6,9-10H2,1-2H3,(H,18,20)(H,21,22). The van der Waals surface area contributed by atoms with E-state index in [2.05, 4.69) is 17.2 Å². The number of ether oxygens (including phenoxy) is 1. The fraction of sp³-hybridized carbons (Fsp3) is 0.588. The van der Waals surface area contributed by atoms with E-state index in [1.807, 2.05) is 0 Å². The second kappa shape index (κ2) is 8.06. The van der Waals surface area contributed by atoms with Crippen LogP contribution in [0.5, 0.6) is 0 Å². The number of hydrogen-bond acceptors (Lipinski definition) is 4. The Balaban J connectivity index is 1.78. The van der Waals surface area contributed by atoms with Gasteiger partial charge in [-0.05, 0) is 37.8 Å². The Morgan fingerprint density at radius 2 is 2.09 bits per heavy atom. The molecule has 1 aliphatic carbocycles. The summed E-state index contributed by atoms with van der Waals surface area (Å²) >= 11 is 0. The van der Waals surface area contributed by atoms with E-state index in [1.165, 1.54) is 31.4 Å². The van der Waals surface area contributed by atoms with Crippen molar-refractivity contribution < 1.29 is 19.4 Å². The number of hydrogen-bond donors (Lipinski definition) is 2. The van der Waals surface area contributed by atoms with Crippen LogP contribution in [0.2, 0.25) is 0 Å². The summed E-state index contributed by atoms with van der Waals surface area (Å²) in [5, 5.41) is 11.7. The normalized spacial score (nSPS) is 21.0. The molecule has 0 aromatic carbocycles. The molecule has 6 nitrogen and oxygen atoms in total. The molecule has 126 valence electrons. The molecule has 0 radical (unpaired) electrons. The Kier molecular flexibility index (Phi) is 6.10. The number of nitrogens with zero attached hydrogens (tertiary/aromatic N) is 1. The van der Waals surface area contributed by atoms with Gasteiger partial charge >= 0.3 is 5.97 Å². The van der Waals surface area contributed by atoms with Gasteiger partial charge in [-0.2, -0.15) is 0 Å². The first-order valence-corrected chi connectivity index (χ1v) is 8.09. The van der Waals surface area contributed by atoms with Gasteiger partial charge in [0, 0.05) is 6.54 Å². The van der Waals surface area contributed by atoms with Crippen LogP contribution in [0.25, 0.3) is 0 Å². The summed E-state index contributed by atoms with van der Waals surface area (Å²) in [5.41, 5.74) is 0.659. The summed E-state index contributed by atoms with van der Waals surface area (Å²) in [6, 6.07) is 2.83. The van der Waals surface area contributed by atoms with E-state index < -0.39 is 5.97 Å². The summed E-state index contributed by atoms with van der Waals surface area (Å²) in [4.78, 5) is 27.0. The van der Waals surface area contributed by atoms with E-state index in [0.717, 1.165) is 6.42 Å². The lowest BCUT2D eigenvalue weighted by Crippen LogP contribution is -2.32. The van der Waals surface area contributed by atoms with Crippen molar-refractivity contribution in [1.29, 1.82) is 0 Å². The average molecular weight is 320 g/mol. The molecule has 1 heterocycles. The van der Waals surface area contributed by atoms with Crippen LogP contribution in [0.1, 0.15) is 59.1 Å². The highest BCUT2D eigenvalue weighted by molar-refractivity contribution is 5.94. The van der Waals surface area contributed by atoms with Crippen molar-refractivity contribution in [2.24, 2.45) is 5.92 Å². The predicted molar refractivity (Wildman–Crippen MR) is 85.6 cm³/mol. The zero-order valence-corrected chi connectivity index (χ0v) is 13.7. The number of carbonyl (C=O) groups excluding carboxylic acids is 1. The molecule has 0 saturated heterocycles. The topological polar surface area (TPSA) is 88.5 Å². The van der Waals surface area contributed by atoms with E-state index in [1.54, 1.807) is 6.92 Å². The smallest absolute Gasteiger partial charge is 0.337 e. The maximum atomic E-state index is 12.0. The van der Waals surface area contributed by atoms with E-state index in [4.69, 9.17) is 9.84 Å². The fourth-order valence-electron chi connectivity index (χ4n) is 2.91. The third kappa shape index (κ3) is 4.76. The van der Waals surface area contributed by atoms with Crippen LogP contribution in [-0.4, -0.2) is 41.2 Å². The maximum Gasteiger partial charge on any atom is 0.337 e. The van der Waals surface area contributed by atoms with Crippen LogP contribution < -0.4 is 5.32 Å². The number of carboxylic acids is 1. The zero-order valence-electron chi connectivity index (χ0n) is 13.7. The van der Waals surface area contributed by atoms with Gasteiger partial charge in [0.2, 0.25) is 0 Å². The van der Waals surface area contributed by atoms with Gasteiger partial charge in [-0.3, -0.25) is 4.79 Å². The van der Waals surface area contributed by atoms with Gasteiger partial charge < -0.3 is 15.2 Å². The minimum absolute atomic E-state index is 0.108. The zero-order chi connectivity index (χ0) is 16.8. The van der Waals surface area contributed by atoms with Crippen molar-refractivity contribution >= 4 is 11.9 Å². The molecule has 2 N–H and O–H groups in total. The van der Waals surface area contributed by atoms with Crippen molar-refractivity contribution in [3.63, 3.8) is 0 Å². The lowest BCUT2D eigenvalue weighted by atomic mass is 9.88. The van der Waals surface area contributed by atoms with Crippen LogP contribution in [0.4, 0.5) is 0 Å². The Hall–Kier alpha value is -1.95. The molecule has 2 unspecified atom stereocenters. The first-order valence-electron chi connectivity index (χ1n) is 8.09. The van der Waals surface area contributed by atoms with Gasteiger partial charge in [0.05, 0.1) is 24.0 Å². The molecule has 1 aromatic heterocycles. The number of aromatic nitrogens is 1. The molecule has 1 aromatic rings. The third-order valence-corrected chi connectivity index (χ3v) is 4.30. The second-order valence-corrected chi connectivity index (χ2v) is 6.06. The van der Waals surface area contributed by atoms with Crippen molar-refractivity contribution in [2.45, 2.75) is 45.6 Å². The van der Waals surface area contributed by atoms with E-state index in [-0.39, 0.29) is 23.3 Å². The molecule has 1 saturated carbocycles. The van der Waals surface area contributed by atoms with Gasteiger partial charge in [0.15, 0.2) is 0 Å². The number of aromatic carboxylic acids is 1. The van der Waals surface area contributed by atoms with E-state index in [9.17, 15) is 9.59 Å². The number of nitrogens with one attached hydrogen (secondary N) is 1. The number of aryl methyl sites for hydroxylation is 1. The molecule has 2 atom stereocenters. The van der Waals surface area contributed by atoms with E-state index in [0.29, 0.717) is 24.8 Å². The van der Waals surface area contributed by atoms with Crippen LogP contribution in [0.15, 0.2) is 12.1 Å². The third-order valence-electron chi connectivity index (χ3n) is 4.30. The highest BCUT2D eigenvalue weighted by Crippen LogP contribution is 2.25. The van der Waals surface area contributed by atoms with Gasteiger partial charge in [0.1, 0.15) is 5.69 Å². The minimum atomic E-state index is -1.04. The Morgan fingerprint density at radius 1 is 1.35 bits per heavy atom. The second-order valence-electron chi connectivity index (χ2n) is 6.06. The van der Waals surface area contributed by atoms with Gasteiger partial charge in [-0.1, -0.05) is 19.8 Å². The van der Waals surface area contributed by atoms with Gasteiger partial charge in [0.25, 0.3) is 5.91 Å². The highest BCUT2D eigenvalue weighted by Gasteiger charge is 2.21. The Morgan fingerprint density at radius 3 is 2.74 bits per heavy atom. The van der Waals surface area contributed by atoms with Crippen molar-refractivity contribution in [3.05, 3.63) is 29.1 Å². The fourth-order valence-corrected chi connectivity index (χ4v) is 2.91. The number of carbonyl (C=O) groups is 2. The van der Waals surface area contributed by atoms with E-state index >= 15 is 0 Å². The predicted octanol–water partition coefficient (Wildman–Crippen LogP) is 2.41. The Bertz CT molecular complexity index is 574. The lowest BCUT2D eigenvalue weighted by molar-refractivity contribution is -0.00295. The van der Waals surface area contributed by atoms with Crippen molar-refractivity contribution in [1.82, 2.24) is 10.3 Å². The Labute approximate surface area is 136 Å². The molecular weight excluding hydrogens is 296 g/mol. The monoisotopic (exact) mass is 320 g/mol. The highest BCUT2D eigenvalue weighted by atomic mass is 16.5. The van der Waals surface area contributed by atoms with Crippen molar-refractivity contribution in [3.8, 4) is 0 Å². The van der Waals surface area contributed by atoms with Crippen LogP contribution in [0.3, 0.4) is 0 Å². The first kappa shape index (κ1) is 17.4. The van der Waals surface area contributed by atoms with Gasteiger partial charge in [-0.15, -0.1) is 0 Å². The maximum absolute atomic E-state index is 12.0. The summed E-state index contributed by atoms with van der Waals surface area (Å²) in [5.74, 6) is -0.783. The largest absolute Gasteiger partial charge is 0.478 e. The number of pyridine rings is 1. The summed E-state index contributed by atoms with van der Waals surface area (Å²) in [6.07, 6.45) is 5.06. The summed E-state index contributed by atoms with van der Waals surface area (Å²) in [6.45, 7) is 4.68. The molecule has 23 heavy (non-hydrogen) atoms. The molecule has 1 fully saturated rings. The van der Waals surface area contributed by atoms with Crippen LogP contribution in [-0.2, 0) is 4.74 Å². The molecule has 0 spiro atoms. The van der Waals surface area contributed by atoms with Gasteiger partial charge in [-0.25, -0.2) is 9.78 Å². The molecule has 0 aliphatic heterocycles.